The molecule has 120 valence electrons. The first-order chi connectivity index (χ1) is 12.4. The second-order valence-corrected chi connectivity index (χ2v) is 6.05. The summed E-state index contributed by atoms with van der Waals surface area (Å²) >= 11 is 0. The summed E-state index contributed by atoms with van der Waals surface area (Å²) in [6.07, 6.45) is 11.7. The van der Waals surface area contributed by atoms with Gasteiger partial charge >= 0.3 is 0 Å². The van der Waals surface area contributed by atoms with E-state index in [1.165, 1.54) is 11.1 Å². The van der Waals surface area contributed by atoms with Crippen molar-refractivity contribution in [3.8, 4) is 22.4 Å². The van der Waals surface area contributed by atoms with Crippen molar-refractivity contribution in [1.82, 2.24) is 4.98 Å². The highest BCUT2D eigenvalue weighted by atomic mass is 14.7. The zero-order chi connectivity index (χ0) is 16.9. The van der Waals surface area contributed by atoms with Gasteiger partial charge in [0.25, 0.3) is 0 Å². The second kappa shape index (κ2) is 7.14. The van der Waals surface area contributed by atoms with Crippen molar-refractivity contribution in [3.05, 3.63) is 109 Å². The minimum Gasteiger partial charge on any atom is -0.248 e. The molecule has 0 unspecified atom stereocenters. The third-order valence-electron chi connectivity index (χ3n) is 4.28. The van der Waals surface area contributed by atoms with Crippen LogP contribution in [0.2, 0.25) is 0 Å². The Bertz CT molecular complexity index is 890. The van der Waals surface area contributed by atoms with Crippen molar-refractivity contribution in [3.63, 3.8) is 0 Å². The van der Waals surface area contributed by atoms with Gasteiger partial charge in [0.15, 0.2) is 0 Å². The Balaban J connectivity index is 1.89. The van der Waals surface area contributed by atoms with Crippen molar-refractivity contribution < 1.29 is 0 Å². The van der Waals surface area contributed by atoms with Crippen molar-refractivity contribution in [2.45, 2.75) is 6.42 Å². The number of rotatable bonds is 3. The van der Waals surface area contributed by atoms with E-state index in [-0.39, 0.29) is 0 Å². The van der Waals surface area contributed by atoms with Gasteiger partial charge < -0.3 is 0 Å². The van der Waals surface area contributed by atoms with Gasteiger partial charge in [0.05, 0.1) is 11.4 Å². The first-order valence-electron chi connectivity index (χ1n) is 8.57. The van der Waals surface area contributed by atoms with Crippen molar-refractivity contribution in [1.29, 1.82) is 0 Å². The molecular weight excluding hydrogens is 302 g/mol. The highest BCUT2D eigenvalue weighted by molar-refractivity contribution is 5.80. The summed E-state index contributed by atoms with van der Waals surface area (Å²) in [7, 11) is 0. The fourth-order valence-corrected chi connectivity index (χ4v) is 2.98. The molecule has 4 rings (SSSR count). The fourth-order valence-electron chi connectivity index (χ4n) is 2.98. The quantitative estimate of drug-likeness (QED) is 0.550. The minimum absolute atomic E-state index is 0.962. The Labute approximate surface area is 148 Å². The number of hydrogen-bond acceptors (Lipinski definition) is 1. The molecule has 0 radical (unpaired) electrons. The van der Waals surface area contributed by atoms with Gasteiger partial charge in [-0.1, -0.05) is 91.0 Å². The SMILES string of the molecule is C1=CCC=CC(c2cc(-c3ccccc3)cc(-c3ccccc3)n2)=C1. The van der Waals surface area contributed by atoms with Gasteiger partial charge in [0, 0.05) is 5.56 Å². The fraction of sp³-hybridized carbons (Fsp3) is 0.0417. The molecule has 0 bridgehead atoms. The molecule has 0 atom stereocenters. The van der Waals surface area contributed by atoms with E-state index in [9.17, 15) is 0 Å². The summed E-state index contributed by atoms with van der Waals surface area (Å²) in [6, 6.07) is 25.2. The Morgan fingerprint density at radius 3 is 2.08 bits per heavy atom. The molecule has 0 amide bonds. The molecule has 0 N–H and O–H groups in total. The molecule has 1 heterocycles. The van der Waals surface area contributed by atoms with E-state index in [1.807, 2.05) is 12.1 Å². The van der Waals surface area contributed by atoms with Crippen LogP contribution in [0.25, 0.3) is 28.0 Å². The summed E-state index contributed by atoms with van der Waals surface area (Å²) in [5.41, 5.74) is 6.67. The number of nitrogens with zero attached hydrogens (tertiary/aromatic N) is 1. The molecule has 0 fully saturated rings. The van der Waals surface area contributed by atoms with E-state index >= 15 is 0 Å². The average Bonchev–Trinajstić information content (AvgIpc) is 2.99. The molecule has 0 saturated heterocycles. The Kier molecular flexibility index (Phi) is 4.38. The molecule has 1 nitrogen and oxygen atoms in total. The second-order valence-electron chi connectivity index (χ2n) is 6.05. The molecule has 2 aromatic carbocycles. The predicted molar refractivity (Wildman–Crippen MR) is 106 cm³/mol. The standard InChI is InChI=1S/C24H19N/c1-2-6-14-20(13-5-1)23-17-22(19-11-7-3-8-12-19)18-24(25-23)21-15-9-4-10-16-21/h1,3-18H,2H2. The molecule has 0 saturated carbocycles. The largest absolute Gasteiger partial charge is 0.248 e. The normalized spacial score (nSPS) is 13.4. The molecule has 1 aromatic heterocycles. The first kappa shape index (κ1) is 15.3. The van der Waals surface area contributed by atoms with Gasteiger partial charge in [-0.3, -0.25) is 0 Å². The highest BCUT2D eigenvalue weighted by Gasteiger charge is 2.09. The smallest absolute Gasteiger partial charge is 0.0715 e. The van der Waals surface area contributed by atoms with Crippen LogP contribution in [-0.4, -0.2) is 4.98 Å². The van der Waals surface area contributed by atoms with Gasteiger partial charge in [0.1, 0.15) is 0 Å². The van der Waals surface area contributed by atoms with Gasteiger partial charge in [-0.05, 0) is 35.3 Å². The van der Waals surface area contributed by atoms with Gasteiger partial charge in [-0.2, -0.15) is 0 Å². The van der Waals surface area contributed by atoms with E-state index in [1.54, 1.807) is 0 Å². The lowest BCUT2D eigenvalue weighted by molar-refractivity contribution is 1.28. The Morgan fingerprint density at radius 1 is 0.640 bits per heavy atom. The molecule has 25 heavy (non-hydrogen) atoms. The number of allylic oxidation sites excluding steroid dienone is 6. The summed E-state index contributed by atoms with van der Waals surface area (Å²) in [4.78, 5) is 4.94. The number of aromatic nitrogens is 1. The number of pyridine rings is 1. The van der Waals surface area contributed by atoms with Gasteiger partial charge in [-0.15, -0.1) is 0 Å². The van der Waals surface area contributed by atoms with Crippen LogP contribution in [-0.2, 0) is 0 Å². The zero-order valence-corrected chi connectivity index (χ0v) is 14.0. The molecule has 0 aliphatic heterocycles. The van der Waals surface area contributed by atoms with Crippen LogP contribution < -0.4 is 0 Å². The van der Waals surface area contributed by atoms with Crippen LogP contribution in [0.4, 0.5) is 0 Å². The van der Waals surface area contributed by atoms with Crippen LogP contribution in [0.1, 0.15) is 12.1 Å². The molecule has 1 aliphatic rings. The Morgan fingerprint density at radius 2 is 1.32 bits per heavy atom. The molecule has 1 aliphatic carbocycles. The lowest BCUT2D eigenvalue weighted by Gasteiger charge is -2.10. The summed E-state index contributed by atoms with van der Waals surface area (Å²) in [5, 5.41) is 0. The van der Waals surface area contributed by atoms with Crippen LogP contribution in [0.5, 0.6) is 0 Å². The van der Waals surface area contributed by atoms with Crippen molar-refractivity contribution in [2.24, 2.45) is 0 Å². The van der Waals surface area contributed by atoms with E-state index in [4.69, 9.17) is 4.98 Å². The van der Waals surface area contributed by atoms with Crippen LogP contribution >= 0.6 is 0 Å². The molecule has 1 heteroatoms. The Hall–Kier alpha value is -3.19. The summed E-state index contributed by atoms with van der Waals surface area (Å²) in [5.74, 6) is 0. The lowest BCUT2D eigenvalue weighted by Crippen LogP contribution is -1.93. The zero-order valence-electron chi connectivity index (χ0n) is 14.0. The monoisotopic (exact) mass is 321 g/mol. The van der Waals surface area contributed by atoms with E-state index in [2.05, 4.69) is 91.0 Å². The van der Waals surface area contributed by atoms with E-state index < -0.39 is 0 Å². The molecule has 3 aromatic rings. The van der Waals surface area contributed by atoms with Crippen LogP contribution in [0.15, 0.2) is 103 Å². The first-order valence-corrected chi connectivity index (χ1v) is 8.57. The summed E-state index contributed by atoms with van der Waals surface area (Å²) < 4.78 is 0. The lowest BCUT2D eigenvalue weighted by atomic mass is 10.00. The van der Waals surface area contributed by atoms with Crippen LogP contribution in [0.3, 0.4) is 0 Å². The predicted octanol–water partition coefficient (Wildman–Crippen LogP) is 6.32. The summed E-state index contributed by atoms with van der Waals surface area (Å²) in [6.45, 7) is 0. The third-order valence-corrected chi connectivity index (χ3v) is 4.28. The van der Waals surface area contributed by atoms with Crippen LogP contribution in [0, 0.1) is 0 Å². The number of benzene rings is 2. The molecular formula is C24H19N. The third kappa shape index (κ3) is 3.51. The van der Waals surface area contributed by atoms with E-state index in [0.29, 0.717) is 0 Å². The van der Waals surface area contributed by atoms with Gasteiger partial charge in [-0.25, -0.2) is 4.98 Å². The topological polar surface area (TPSA) is 12.9 Å². The van der Waals surface area contributed by atoms with Crippen molar-refractivity contribution in [2.75, 3.05) is 0 Å². The average molecular weight is 321 g/mol. The maximum atomic E-state index is 4.94. The van der Waals surface area contributed by atoms with E-state index in [0.717, 1.165) is 28.9 Å². The number of hydrogen-bond donors (Lipinski definition) is 0. The minimum atomic E-state index is 0.962. The maximum absolute atomic E-state index is 4.94. The van der Waals surface area contributed by atoms with Gasteiger partial charge in [0.2, 0.25) is 0 Å². The molecule has 0 spiro atoms. The maximum Gasteiger partial charge on any atom is 0.0715 e. The van der Waals surface area contributed by atoms with Crippen molar-refractivity contribution >= 4 is 5.57 Å². The highest BCUT2D eigenvalue weighted by Crippen LogP contribution is 2.29.